The van der Waals surface area contributed by atoms with Crippen LogP contribution < -0.4 is 0 Å². The maximum absolute atomic E-state index is 6.51. The van der Waals surface area contributed by atoms with Crippen molar-refractivity contribution in [2.75, 3.05) is 0 Å². The third-order valence-corrected chi connectivity index (χ3v) is 7.10. The predicted molar refractivity (Wildman–Crippen MR) is 147 cm³/mol. The molecular formula is C32H30N2O. The van der Waals surface area contributed by atoms with E-state index < -0.39 is 0 Å². The first-order valence-corrected chi connectivity index (χ1v) is 12.5. The van der Waals surface area contributed by atoms with E-state index in [-0.39, 0.29) is 0 Å². The summed E-state index contributed by atoms with van der Waals surface area (Å²) in [5.41, 5.74) is 10.0. The average Bonchev–Trinajstić information content (AvgIpc) is 3.43. The summed E-state index contributed by atoms with van der Waals surface area (Å²) in [6, 6.07) is 27.8. The Balaban J connectivity index is 1.78. The number of hydrogen-bond acceptors (Lipinski definition) is 2. The molecule has 3 nitrogen and oxygen atoms in total. The number of nitrogens with zero attached hydrogens (tertiary/aromatic N) is 2. The highest BCUT2D eigenvalue weighted by Crippen LogP contribution is 2.41. The largest absolute Gasteiger partial charge is 0.455 e. The van der Waals surface area contributed by atoms with E-state index in [4.69, 9.17) is 9.40 Å². The van der Waals surface area contributed by atoms with Crippen molar-refractivity contribution < 1.29 is 4.42 Å². The highest BCUT2D eigenvalue weighted by Gasteiger charge is 2.24. The van der Waals surface area contributed by atoms with Crippen molar-refractivity contribution in [3.63, 3.8) is 0 Å². The highest BCUT2D eigenvalue weighted by molar-refractivity contribution is 6.11. The van der Waals surface area contributed by atoms with Crippen LogP contribution in [0, 0.1) is 6.92 Å². The monoisotopic (exact) mass is 458 g/mol. The molecule has 0 atom stereocenters. The molecule has 4 aromatic carbocycles. The number of aromatic nitrogens is 2. The summed E-state index contributed by atoms with van der Waals surface area (Å²) in [5.74, 6) is 1.68. The molecule has 0 radical (unpaired) electrons. The maximum Gasteiger partial charge on any atom is 0.149 e. The molecule has 0 amide bonds. The number of fused-ring (bicyclic) bond motifs is 4. The molecule has 0 saturated carbocycles. The number of para-hydroxylation sites is 4. The van der Waals surface area contributed by atoms with Gasteiger partial charge in [0.1, 0.15) is 17.0 Å². The van der Waals surface area contributed by atoms with Gasteiger partial charge in [-0.3, -0.25) is 4.57 Å². The van der Waals surface area contributed by atoms with Gasteiger partial charge in [-0.05, 0) is 59.7 Å². The van der Waals surface area contributed by atoms with Gasteiger partial charge in [0.25, 0.3) is 0 Å². The summed E-state index contributed by atoms with van der Waals surface area (Å²) in [5, 5.41) is 2.31. The van der Waals surface area contributed by atoms with Crippen molar-refractivity contribution in [2.24, 2.45) is 0 Å². The Hall–Kier alpha value is -3.85. The van der Waals surface area contributed by atoms with E-state index >= 15 is 0 Å². The molecule has 0 aliphatic carbocycles. The van der Waals surface area contributed by atoms with Crippen LogP contribution in [0.15, 0.2) is 83.3 Å². The van der Waals surface area contributed by atoms with E-state index in [1.165, 1.54) is 22.4 Å². The first-order chi connectivity index (χ1) is 17.0. The lowest BCUT2D eigenvalue weighted by molar-refractivity contribution is 0.669. The molecule has 6 rings (SSSR count). The van der Waals surface area contributed by atoms with Crippen molar-refractivity contribution in [3.05, 3.63) is 95.6 Å². The Morgan fingerprint density at radius 3 is 2.17 bits per heavy atom. The summed E-state index contributed by atoms with van der Waals surface area (Å²) in [4.78, 5) is 5.21. The summed E-state index contributed by atoms with van der Waals surface area (Å²) in [6.45, 7) is 11.2. The van der Waals surface area contributed by atoms with Gasteiger partial charge in [-0.15, -0.1) is 0 Å². The third kappa shape index (κ3) is 3.30. The van der Waals surface area contributed by atoms with Gasteiger partial charge in [-0.2, -0.15) is 0 Å². The zero-order valence-corrected chi connectivity index (χ0v) is 21.0. The number of rotatable bonds is 4. The van der Waals surface area contributed by atoms with E-state index in [0.717, 1.165) is 44.4 Å². The molecule has 6 aromatic rings. The van der Waals surface area contributed by atoms with Crippen LogP contribution in [-0.4, -0.2) is 9.55 Å². The summed E-state index contributed by atoms with van der Waals surface area (Å²) < 4.78 is 8.88. The number of hydrogen-bond donors (Lipinski definition) is 0. The quantitative estimate of drug-likeness (QED) is 0.264. The molecule has 0 spiro atoms. The summed E-state index contributed by atoms with van der Waals surface area (Å²) >= 11 is 0. The van der Waals surface area contributed by atoms with Crippen molar-refractivity contribution in [1.82, 2.24) is 9.55 Å². The first-order valence-electron chi connectivity index (χ1n) is 12.5. The van der Waals surface area contributed by atoms with Gasteiger partial charge in [-0.25, -0.2) is 4.98 Å². The van der Waals surface area contributed by atoms with Crippen molar-refractivity contribution in [2.45, 2.75) is 46.5 Å². The molecule has 2 heterocycles. The Morgan fingerprint density at radius 2 is 1.43 bits per heavy atom. The molecule has 0 aliphatic heterocycles. The SMILES string of the molecule is Cc1ccc(-c2nc3ccccc3n2-c2c(C(C)C)cccc2C(C)C)c2oc3ccccc3c12. The van der Waals surface area contributed by atoms with E-state index in [2.05, 4.69) is 106 Å². The third-order valence-electron chi connectivity index (χ3n) is 7.10. The molecule has 0 aliphatic rings. The van der Waals surface area contributed by atoms with E-state index in [1.807, 2.05) is 12.1 Å². The maximum atomic E-state index is 6.51. The fourth-order valence-corrected chi connectivity index (χ4v) is 5.37. The minimum atomic E-state index is 0.377. The lowest BCUT2D eigenvalue weighted by Crippen LogP contribution is -2.08. The Morgan fingerprint density at radius 1 is 0.743 bits per heavy atom. The van der Waals surface area contributed by atoms with Crippen LogP contribution in [0.2, 0.25) is 0 Å². The van der Waals surface area contributed by atoms with Gasteiger partial charge in [0, 0.05) is 10.8 Å². The van der Waals surface area contributed by atoms with Gasteiger partial charge in [0.05, 0.1) is 22.3 Å². The van der Waals surface area contributed by atoms with E-state index in [0.29, 0.717) is 11.8 Å². The molecule has 3 heteroatoms. The second-order valence-electron chi connectivity index (χ2n) is 10.1. The molecule has 0 fully saturated rings. The minimum absolute atomic E-state index is 0.377. The van der Waals surface area contributed by atoms with Crippen LogP contribution in [0.3, 0.4) is 0 Å². The molecule has 0 N–H and O–H groups in total. The van der Waals surface area contributed by atoms with Crippen LogP contribution >= 0.6 is 0 Å². The van der Waals surface area contributed by atoms with Crippen molar-refractivity contribution in [1.29, 1.82) is 0 Å². The standard InChI is InChI=1S/C32H30N2O/c1-19(2)22-12-10-13-23(20(3)4)30(22)34-27-15-8-7-14-26(27)33-32(34)25-18-17-21(5)29-24-11-6-9-16-28(24)35-31(25)29/h6-20H,1-5H3. The Kier molecular flexibility index (Phi) is 5.03. The molecule has 2 aromatic heterocycles. The van der Waals surface area contributed by atoms with Crippen molar-refractivity contribution >= 4 is 33.0 Å². The van der Waals surface area contributed by atoms with Gasteiger partial charge in [0.15, 0.2) is 0 Å². The number of imidazole rings is 1. The molecule has 174 valence electrons. The fraction of sp³-hybridized carbons (Fsp3) is 0.219. The number of benzene rings is 4. The summed E-state index contributed by atoms with van der Waals surface area (Å²) in [6.07, 6.45) is 0. The zero-order valence-electron chi connectivity index (χ0n) is 21.0. The summed E-state index contributed by atoms with van der Waals surface area (Å²) in [7, 11) is 0. The highest BCUT2D eigenvalue weighted by atomic mass is 16.3. The van der Waals surface area contributed by atoms with Crippen LogP contribution in [0.1, 0.15) is 56.2 Å². The fourth-order valence-electron chi connectivity index (χ4n) is 5.37. The van der Waals surface area contributed by atoms with Crippen LogP contribution in [-0.2, 0) is 0 Å². The van der Waals surface area contributed by atoms with Crippen LogP contribution in [0.5, 0.6) is 0 Å². The minimum Gasteiger partial charge on any atom is -0.455 e. The smallest absolute Gasteiger partial charge is 0.149 e. The van der Waals surface area contributed by atoms with Gasteiger partial charge in [0.2, 0.25) is 0 Å². The normalized spacial score (nSPS) is 12.1. The lowest BCUT2D eigenvalue weighted by Gasteiger charge is -2.22. The first kappa shape index (κ1) is 21.7. The molecule has 0 saturated heterocycles. The number of furan rings is 1. The van der Waals surface area contributed by atoms with E-state index in [1.54, 1.807) is 0 Å². The van der Waals surface area contributed by atoms with Gasteiger partial charge >= 0.3 is 0 Å². The number of aryl methyl sites for hydroxylation is 1. The zero-order chi connectivity index (χ0) is 24.3. The molecule has 35 heavy (non-hydrogen) atoms. The second kappa shape index (κ2) is 8.13. The average molecular weight is 459 g/mol. The lowest BCUT2D eigenvalue weighted by atomic mass is 9.92. The Labute approximate surface area is 206 Å². The molecular weight excluding hydrogens is 428 g/mol. The molecule has 0 bridgehead atoms. The second-order valence-corrected chi connectivity index (χ2v) is 10.1. The molecule has 0 unspecified atom stereocenters. The van der Waals surface area contributed by atoms with Gasteiger partial charge in [-0.1, -0.05) is 82.3 Å². The van der Waals surface area contributed by atoms with Crippen LogP contribution in [0.25, 0.3) is 50.0 Å². The van der Waals surface area contributed by atoms with Gasteiger partial charge < -0.3 is 4.42 Å². The van der Waals surface area contributed by atoms with Crippen LogP contribution in [0.4, 0.5) is 0 Å². The predicted octanol–water partition coefficient (Wildman–Crippen LogP) is 9.15. The Bertz CT molecular complexity index is 1690. The topological polar surface area (TPSA) is 31.0 Å². The van der Waals surface area contributed by atoms with E-state index in [9.17, 15) is 0 Å². The van der Waals surface area contributed by atoms with Crippen molar-refractivity contribution in [3.8, 4) is 17.1 Å².